The first kappa shape index (κ1) is 8.96. The van der Waals surface area contributed by atoms with E-state index in [-0.39, 0.29) is 22.6 Å². The van der Waals surface area contributed by atoms with Gasteiger partial charge in [-0.1, -0.05) is 18.2 Å². The van der Waals surface area contributed by atoms with Crippen LogP contribution in [-0.4, -0.2) is 17.5 Å². The Bertz CT molecular complexity index is 357. The van der Waals surface area contributed by atoms with Crippen molar-refractivity contribution >= 4 is 0 Å². The Morgan fingerprint density at radius 2 is 2.43 bits per heavy atom. The fourth-order valence-corrected chi connectivity index (χ4v) is 1.90. The third kappa shape index (κ3) is 1.22. The second-order valence-electron chi connectivity index (χ2n) is 3.33. The lowest BCUT2D eigenvalue weighted by Gasteiger charge is -2.21. The van der Waals surface area contributed by atoms with Gasteiger partial charge in [0.15, 0.2) is 0 Å². The van der Waals surface area contributed by atoms with E-state index in [1.54, 1.807) is 0 Å². The van der Waals surface area contributed by atoms with Crippen molar-refractivity contribution in [1.29, 1.82) is 0 Å². The molecule has 0 fully saturated rings. The number of allylic oxidation sites excluding steroid dienone is 2. The maximum atomic E-state index is 10.7. The molecule has 5 nitrogen and oxygen atoms in total. The summed E-state index contributed by atoms with van der Waals surface area (Å²) in [5.41, 5.74) is 6.65. The average Bonchev–Trinajstić information content (AvgIpc) is 2.60. The minimum Gasteiger partial charge on any atom is -0.378 e. The van der Waals surface area contributed by atoms with Gasteiger partial charge in [0.25, 0.3) is 5.70 Å². The summed E-state index contributed by atoms with van der Waals surface area (Å²) in [7, 11) is 0. The van der Waals surface area contributed by atoms with Crippen LogP contribution in [0, 0.1) is 16.0 Å². The Morgan fingerprint density at radius 3 is 3.07 bits per heavy atom. The summed E-state index contributed by atoms with van der Waals surface area (Å²) in [5.74, 6) is -0.194. The molecule has 0 spiro atoms. The van der Waals surface area contributed by atoms with Gasteiger partial charge in [-0.2, -0.15) is 0 Å². The third-order valence-corrected chi connectivity index (χ3v) is 2.58. The van der Waals surface area contributed by atoms with Crippen molar-refractivity contribution in [2.75, 3.05) is 6.54 Å². The Kier molecular flexibility index (Phi) is 2.09. The highest BCUT2D eigenvalue weighted by atomic mass is 16.6. The van der Waals surface area contributed by atoms with Crippen LogP contribution < -0.4 is 11.1 Å². The molecular weight excluding hydrogens is 182 g/mol. The van der Waals surface area contributed by atoms with E-state index in [9.17, 15) is 10.1 Å². The lowest BCUT2D eigenvalue weighted by Crippen LogP contribution is -2.31. The molecule has 1 heterocycles. The largest absolute Gasteiger partial charge is 0.378 e. The lowest BCUT2D eigenvalue weighted by atomic mass is 9.87. The molecule has 2 aliphatic rings. The molecule has 5 heteroatoms. The number of hydrogen-bond donors (Lipinski definition) is 2. The van der Waals surface area contributed by atoms with Crippen molar-refractivity contribution in [3.63, 3.8) is 0 Å². The fraction of sp³-hybridized carbons (Fsp3) is 0.333. The van der Waals surface area contributed by atoms with Crippen molar-refractivity contribution in [3.05, 3.63) is 45.8 Å². The van der Waals surface area contributed by atoms with Gasteiger partial charge in [0, 0.05) is 6.54 Å². The lowest BCUT2D eigenvalue weighted by molar-refractivity contribution is -0.431. The van der Waals surface area contributed by atoms with Crippen molar-refractivity contribution in [2.24, 2.45) is 11.7 Å². The zero-order valence-corrected chi connectivity index (χ0v) is 7.51. The molecule has 0 aromatic heterocycles. The number of nitrogens with one attached hydrogen (secondary N) is 1. The smallest absolute Gasteiger partial charge is 0.271 e. The second kappa shape index (κ2) is 3.26. The summed E-state index contributed by atoms with van der Waals surface area (Å²) in [6, 6.07) is -0.000972. The molecule has 1 aliphatic heterocycles. The summed E-state index contributed by atoms with van der Waals surface area (Å²) in [4.78, 5) is 10.4. The summed E-state index contributed by atoms with van der Waals surface area (Å²) in [6.45, 7) is 0.359. The number of rotatable bonds is 2. The molecule has 14 heavy (non-hydrogen) atoms. The van der Waals surface area contributed by atoms with E-state index in [2.05, 4.69) is 5.32 Å². The van der Waals surface area contributed by atoms with Gasteiger partial charge in [-0.15, -0.1) is 0 Å². The van der Waals surface area contributed by atoms with Gasteiger partial charge in [-0.3, -0.25) is 10.1 Å². The van der Waals surface area contributed by atoms with Gasteiger partial charge in [-0.25, -0.2) is 0 Å². The number of nitrogens with zero attached hydrogens (tertiary/aromatic N) is 1. The van der Waals surface area contributed by atoms with E-state index in [1.165, 1.54) is 6.20 Å². The molecule has 74 valence electrons. The van der Waals surface area contributed by atoms with Crippen LogP contribution in [0.2, 0.25) is 0 Å². The minimum atomic E-state index is -0.347. The number of nitro groups is 1. The zero-order valence-electron chi connectivity index (χ0n) is 7.51. The van der Waals surface area contributed by atoms with E-state index in [1.807, 2.05) is 18.2 Å². The molecule has 0 amide bonds. The summed E-state index contributed by atoms with van der Waals surface area (Å²) in [6.07, 6.45) is 7.11. The molecule has 0 saturated carbocycles. The van der Waals surface area contributed by atoms with Gasteiger partial charge in [0.2, 0.25) is 0 Å². The monoisotopic (exact) mass is 193 g/mol. The van der Waals surface area contributed by atoms with Crippen LogP contribution in [0.25, 0.3) is 0 Å². The first-order chi connectivity index (χ1) is 6.74. The summed E-state index contributed by atoms with van der Waals surface area (Å²) in [5, 5.41) is 13.7. The van der Waals surface area contributed by atoms with E-state index >= 15 is 0 Å². The predicted molar refractivity (Wildman–Crippen MR) is 51.8 cm³/mol. The molecule has 2 atom stereocenters. The molecule has 2 unspecified atom stereocenters. The minimum absolute atomic E-state index is 0.000972. The molecule has 0 saturated heterocycles. The average molecular weight is 193 g/mol. The normalized spacial score (nSPS) is 28.9. The molecule has 0 aromatic carbocycles. The van der Waals surface area contributed by atoms with Crippen LogP contribution in [0.15, 0.2) is 35.7 Å². The van der Waals surface area contributed by atoms with Crippen LogP contribution in [0.5, 0.6) is 0 Å². The molecular formula is C9H11N3O2. The predicted octanol–water partition coefficient (Wildman–Crippen LogP) is 0.147. The van der Waals surface area contributed by atoms with Crippen molar-refractivity contribution in [1.82, 2.24) is 5.32 Å². The van der Waals surface area contributed by atoms with E-state index in [0.717, 1.165) is 5.57 Å². The SMILES string of the molecule is NCC1=CC=CC2NC=C([N+](=O)[O-])C12. The van der Waals surface area contributed by atoms with Crippen LogP contribution in [0.3, 0.4) is 0 Å². The van der Waals surface area contributed by atoms with E-state index < -0.39 is 0 Å². The van der Waals surface area contributed by atoms with Crippen molar-refractivity contribution in [2.45, 2.75) is 6.04 Å². The first-order valence-electron chi connectivity index (χ1n) is 4.42. The summed E-state index contributed by atoms with van der Waals surface area (Å²) >= 11 is 0. The van der Waals surface area contributed by atoms with E-state index in [0.29, 0.717) is 6.54 Å². The number of fused-ring (bicyclic) bond motifs is 1. The zero-order chi connectivity index (χ0) is 10.1. The Labute approximate surface area is 81.1 Å². The Morgan fingerprint density at radius 1 is 1.64 bits per heavy atom. The molecule has 1 aliphatic carbocycles. The molecule has 2 rings (SSSR count). The topological polar surface area (TPSA) is 81.2 Å². The van der Waals surface area contributed by atoms with Gasteiger partial charge >= 0.3 is 0 Å². The highest BCUT2D eigenvalue weighted by molar-refractivity contribution is 5.35. The molecule has 0 radical (unpaired) electrons. The summed E-state index contributed by atoms with van der Waals surface area (Å²) < 4.78 is 0. The van der Waals surface area contributed by atoms with Gasteiger partial charge in [-0.05, 0) is 5.57 Å². The highest BCUT2D eigenvalue weighted by Gasteiger charge is 2.39. The van der Waals surface area contributed by atoms with Gasteiger partial charge in [0.05, 0.1) is 23.1 Å². The maximum Gasteiger partial charge on any atom is 0.271 e. The highest BCUT2D eigenvalue weighted by Crippen LogP contribution is 2.31. The second-order valence-corrected chi connectivity index (χ2v) is 3.33. The third-order valence-electron chi connectivity index (χ3n) is 2.58. The number of nitrogens with two attached hydrogens (primary N) is 1. The van der Waals surface area contributed by atoms with Crippen molar-refractivity contribution in [3.8, 4) is 0 Å². The van der Waals surface area contributed by atoms with Crippen LogP contribution in [-0.2, 0) is 0 Å². The Balaban J connectivity index is 2.32. The van der Waals surface area contributed by atoms with E-state index in [4.69, 9.17) is 5.73 Å². The molecule has 3 N–H and O–H groups in total. The van der Waals surface area contributed by atoms with Crippen LogP contribution in [0.1, 0.15) is 0 Å². The van der Waals surface area contributed by atoms with Crippen LogP contribution >= 0.6 is 0 Å². The number of hydrogen-bond acceptors (Lipinski definition) is 4. The fourth-order valence-electron chi connectivity index (χ4n) is 1.90. The van der Waals surface area contributed by atoms with Crippen molar-refractivity contribution < 1.29 is 4.92 Å². The first-order valence-corrected chi connectivity index (χ1v) is 4.42. The van der Waals surface area contributed by atoms with Gasteiger partial charge in [0.1, 0.15) is 0 Å². The maximum absolute atomic E-state index is 10.7. The molecule has 0 bridgehead atoms. The standard InChI is InChI=1S/C9H11N3O2/c10-4-6-2-1-3-7-9(6)8(5-11-7)12(13)14/h1-3,5,7,9,11H,4,10H2. The Hall–Kier alpha value is -1.62. The van der Waals surface area contributed by atoms with Crippen LogP contribution in [0.4, 0.5) is 0 Å². The molecule has 0 aromatic rings. The quantitative estimate of drug-likeness (QED) is 0.483. The van der Waals surface area contributed by atoms with Gasteiger partial charge < -0.3 is 11.1 Å².